The number of sulfonamides is 1. The van der Waals surface area contributed by atoms with Crippen LogP contribution in [0.1, 0.15) is 24.1 Å². The zero-order valence-electron chi connectivity index (χ0n) is 10.5. The third kappa shape index (κ3) is 3.19. The first kappa shape index (κ1) is 13.7. The van der Waals surface area contributed by atoms with Gasteiger partial charge in [0.15, 0.2) is 0 Å². The quantitative estimate of drug-likeness (QED) is 0.757. The second-order valence-corrected chi connectivity index (χ2v) is 5.94. The molecule has 0 spiro atoms. The summed E-state index contributed by atoms with van der Waals surface area (Å²) < 4.78 is 26.6. The van der Waals surface area contributed by atoms with Crippen LogP contribution in [-0.2, 0) is 16.6 Å². The summed E-state index contributed by atoms with van der Waals surface area (Å²) in [6, 6.07) is 7.18. The second-order valence-electron chi connectivity index (χ2n) is 4.22. The van der Waals surface area contributed by atoms with Crippen LogP contribution in [0.5, 0.6) is 0 Å². The molecule has 0 saturated heterocycles. The summed E-state index contributed by atoms with van der Waals surface area (Å²) in [4.78, 5) is 0.123. The lowest BCUT2D eigenvalue weighted by molar-refractivity contribution is 0.567. The van der Waals surface area contributed by atoms with Crippen molar-refractivity contribution in [2.75, 3.05) is 0 Å². The van der Waals surface area contributed by atoms with E-state index in [4.69, 9.17) is 5.73 Å². The van der Waals surface area contributed by atoms with Crippen LogP contribution in [0.15, 0.2) is 41.6 Å². The highest BCUT2D eigenvalue weighted by molar-refractivity contribution is 7.89. The van der Waals surface area contributed by atoms with Gasteiger partial charge in [0.2, 0.25) is 10.0 Å². The van der Waals surface area contributed by atoms with Crippen molar-refractivity contribution in [3.8, 4) is 0 Å². The number of aromatic amines is 1. The van der Waals surface area contributed by atoms with Gasteiger partial charge in [0.25, 0.3) is 0 Å². The predicted octanol–water partition coefficient (Wildman–Crippen LogP) is 0.908. The standard InChI is InChI=1S/C12H16N4O2S/c1-9(11-4-2-10(6-13)3-5-11)16-19(17,18)12-7-14-15-8-12/h2-5,7-9,16H,6,13H2,1H3,(H,14,15). The molecule has 0 bridgehead atoms. The van der Waals surface area contributed by atoms with Crippen molar-refractivity contribution in [2.45, 2.75) is 24.4 Å². The Morgan fingerprint density at radius 3 is 2.58 bits per heavy atom. The first-order valence-corrected chi connectivity index (χ1v) is 7.31. The SMILES string of the molecule is CC(NS(=O)(=O)c1cn[nH]c1)c1ccc(CN)cc1. The molecule has 4 N–H and O–H groups in total. The van der Waals surface area contributed by atoms with E-state index in [-0.39, 0.29) is 10.9 Å². The Hall–Kier alpha value is -1.70. The van der Waals surface area contributed by atoms with Crippen molar-refractivity contribution in [3.63, 3.8) is 0 Å². The van der Waals surface area contributed by atoms with Gasteiger partial charge in [-0.05, 0) is 18.1 Å². The van der Waals surface area contributed by atoms with E-state index in [1.165, 1.54) is 12.4 Å². The molecule has 19 heavy (non-hydrogen) atoms. The summed E-state index contributed by atoms with van der Waals surface area (Å²) in [7, 11) is -3.55. The van der Waals surface area contributed by atoms with Gasteiger partial charge in [-0.15, -0.1) is 0 Å². The Kier molecular flexibility index (Phi) is 3.98. The average Bonchev–Trinajstić information content (AvgIpc) is 2.93. The summed E-state index contributed by atoms with van der Waals surface area (Å²) in [5.41, 5.74) is 7.41. The van der Waals surface area contributed by atoms with Crippen molar-refractivity contribution in [2.24, 2.45) is 5.73 Å². The number of benzene rings is 1. The van der Waals surface area contributed by atoms with Gasteiger partial charge in [0.1, 0.15) is 4.90 Å². The maximum Gasteiger partial charge on any atom is 0.244 e. The van der Waals surface area contributed by atoms with Gasteiger partial charge in [-0.25, -0.2) is 13.1 Å². The normalized spacial score (nSPS) is 13.4. The fourth-order valence-corrected chi connectivity index (χ4v) is 2.83. The van der Waals surface area contributed by atoms with Gasteiger partial charge < -0.3 is 5.73 Å². The number of nitrogens with zero attached hydrogens (tertiary/aromatic N) is 1. The van der Waals surface area contributed by atoms with Crippen LogP contribution in [0.4, 0.5) is 0 Å². The molecule has 0 aliphatic carbocycles. The van der Waals surface area contributed by atoms with Crippen LogP contribution in [0.3, 0.4) is 0 Å². The lowest BCUT2D eigenvalue weighted by Gasteiger charge is -2.14. The maximum absolute atomic E-state index is 12.0. The molecule has 1 aromatic heterocycles. The Labute approximate surface area is 112 Å². The maximum atomic E-state index is 12.0. The number of hydrogen-bond acceptors (Lipinski definition) is 4. The van der Waals surface area contributed by atoms with Crippen molar-refractivity contribution in [1.29, 1.82) is 0 Å². The van der Waals surface area contributed by atoms with E-state index in [0.717, 1.165) is 11.1 Å². The van der Waals surface area contributed by atoms with Gasteiger partial charge in [-0.3, -0.25) is 5.10 Å². The molecule has 6 nitrogen and oxygen atoms in total. The summed E-state index contributed by atoms with van der Waals surface area (Å²) in [5, 5.41) is 6.11. The highest BCUT2D eigenvalue weighted by atomic mass is 32.2. The third-order valence-corrected chi connectivity index (χ3v) is 4.34. The lowest BCUT2D eigenvalue weighted by atomic mass is 10.1. The summed E-state index contributed by atoms with van der Waals surface area (Å²) in [6.45, 7) is 2.25. The number of H-pyrrole nitrogens is 1. The van der Waals surface area contributed by atoms with E-state index >= 15 is 0 Å². The second kappa shape index (κ2) is 5.52. The molecule has 0 amide bonds. The monoisotopic (exact) mass is 280 g/mol. The minimum Gasteiger partial charge on any atom is -0.326 e. The van der Waals surface area contributed by atoms with E-state index in [1.54, 1.807) is 6.92 Å². The molecule has 7 heteroatoms. The molecule has 2 aromatic rings. The number of hydrogen-bond donors (Lipinski definition) is 3. The number of aromatic nitrogens is 2. The first-order chi connectivity index (χ1) is 9.03. The van der Waals surface area contributed by atoms with Crippen LogP contribution in [0.25, 0.3) is 0 Å². The molecule has 0 aliphatic rings. The van der Waals surface area contributed by atoms with E-state index in [1.807, 2.05) is 24.3 Å². The largest absolute Gasteiger partial charge is 0.326 e. The number of nitrogens with one attached hydrogen (secondary N) is 2. The van der Waals surface area contributed by atoms with Gasteiger partial charge in [0.05, 0.1) is 6.20 Å². The van der Waals surface area contributed by atoms with Crippen LogP contribution in [0, 0.1) is 0 Å². The smallest absolute Gasteiger partial charge is 0.244 e. The van der Waals surface area contributed by atoms with Crippen LogP contribution in [0.2, 0.25) is 0 Å². The molecule has 0 radical (unpaired) electrons. The average molecular weight is 280 g/mol. The number of nitrogens with two attached hydrogens (primary N) is 1. The highest BCUT2D eigenvalue weighted by Crippen LogP contribution is 2.16. The lowest BCUT2D eigenvalue weighted by Crippen LogP contribution is -2.26. The fraction of sp³-hybridized carbons (Fsp3) is 0.250. The minimum absolute atomic E-state index is 0.123. The molecule has 102 valence electrons. The molecule has 1 aromatic carbocycles. The van der Waals surface area contributed by atoms with Gasteiger partial charge in [-0.2, -0.15) is 5.10 Å². The molecular weight excluding hydrogens is 264 g/mol. The summed E-state index contributed by atoms with van der Waals surface area (Å²) in [6.07, 6.45) is 2.61. The van der Waals surface area contributed by atoms with E-state index in [9.17, 15) is 8.42 Å². The van der Waals surface area contributed by atoms with Crippen LogP contribution >= 0.6 is 0 Å². The molecular formula is C12H16N4O2S. The van der Waals surface area contributed by atoms with E-state index < -0.39 is 10.0 Å². The minimum atomic E-state index is -3.55. The Bertz CT molecular complexity index is 620. The van der Waals surface area contributed by atoms with Crippen LogP contribution < -0.4 is 10.5 Å². The van der Waals surface area contributed by atoms with Crippen LogP contribution in [-0.4, -0.2) is 18.6 Å². The Morgan fingerprint density at radius 1 is 1.37 bits per heavy atom. The summed E-state index contributed by atoms with van der Waals surface area (Å²) >= 11 is 0. The summed E-state index contributed by atoms with van der Waals surface area (Å²) in [5.74, 6) is 0. The van der Waals surface area contributed by atoms with E-state index in [2.05, 4.69) is 14.9 Å². The van der Waals surface area contributed by atoms with Crippen molar-refractivity contribution >= 4 is 10.0 Å². The number of rotatable bonds is 5. The van der Waals surface area contributed by atoms with Crippen molar-refractivity contribution < 1.29 is 8.42 Å². The molecule has 1 atom stereocenters. The Balaban J connectivity index is 2.14. The highest BCUT2D eigenvalue weighted by Gasteiger charge is 2.19. The van der Waals surface area contributed by atoms with Crippen molar-refractivity contribution in [1.82, 2.24) is 14.9 Å². The predicted molar refractivity (Wildman–Crippen MR) is 71.7 cm³/mol. The Morgan fingerprint density at radius 2 is 2.05 bits per heavy atom. The zero-order valence-corrected chi connectivity index (χ0v) is 11.3. The molecule has 0 aliphatic heterocycles. The molecule has 0 saturated carbocycles. The molecule has 1 heterocycles. The molecule has 1 unspecified atom stereocenters. The fourth-order valence-electron chi connectivity index (χ4n) is 1.70. The van der Waals surface area contributed by atoms with E-state index in [0.29, 0.717) is 6.54 Å². The third-order valence-electron chi connectivity index (χ3n) is 2.83. The molecule has 0 fully saturated rings. The van der Waals surface area contributed by atoms with Gasteiger partial charge in [0, 0.05) is 18.8 Å². The van der Waals surface area contributed by atoms with Gasteiger partial charge >= 0.3 is 0 Å². The zero-order chi connectivity index (χ0) is 13.9. The van der Waals surface area contributed by atoms with Gasteiger partial charge in [-0.1, -0.05) is 24.3 Å². The molecule has 2 rings (SSSR count). The first-order valence-electron chi connectivity index (χ1n) is 5.83. The topological polar surface area (TPSA) is 101 Å². The van der Waals surface area contributed by atoms with Crippen molar-refractivity contribution in [3.05, 3.63) is 47.8 Å².